The van der Waals surface area contributed by atoms with E-state index in [1.807, 2.05) is 0 Å². The van der Waals surface area contributed by atoms with Crippen molar-refractivity contribution in [1.82, 2.24) is 0 Å². The summed E-state index contributed by atoms with van der Waals surface area (Å²) in [6.45, 7) is 0. The molecule has 0 unspecified atom stereocenters. The Morgan fingerprint density at radius 3 is 2.15 bits per heavy atom. The zero-order chi connectivity index (χ0) is 23.8. The standard InChI is InChI=1S/C25H19FO6S/c1-31-21-13-15(3-12-20(21)27)14-22-23(16-6-10-19(11-7-16)33(2,29)30)24(25(28)32-22)17-4-8-18(26)9-5-17/h3-14,27H,1-2H3/b22-14-. The summed E-state index contributed by atoms with van der Waals surface area (Å²) in [5.41, 5.74) is 2.25. The first-order valence-corrected chi connectivity index (χ1v) is 11.7. The van der Waals surface area contributed by atoms with Crippen molar-refractivity contribution in [2.75, 3.05) is 13.4 Å². The van der Waals surface area contributed by atoms with E-state index in [0.717, 1.165) is 6.26 Å². The molecular weight excluding hydrogens is 447 g/mol. The Morgan fingerprint density at radius 2 is 1.55 bits per heavy atom. The van der Waals surface area contributed by atoms with E-state index in [1.54, 1.807) is 30.3 Å². The molecule has 8 heteroatoms. The van der Waals surface area contributed by atoms with Crippen molar-refractivity contribution < 1.29 is 32.2 Å². The number of benzene rings is 3. The molecule has 0 spiro atoms. The summed E-state index contributed by atoms with van der Waals surface area (Å²) < 4.78 is 47.9. The fraction of sp³-hybridized carbons (Fsp3) is 0.0800. The minimum Gasteiger partial charge on any atom is -0.504 e. The van der Waals surface area contributed by atoms with Gasteiger partial charge in [0, 0.05) is 11.8 Å². The van der Waals surface area contributed by atoms with Crippen molar-refractivity contribution in [3.05, 3.63) is 95.0 Å². The highest BCUT2D eigenvalue weighted by Gasteiger charge is 2.32. The average molecular weight is 466 g/mol. The highest BCUT2D eigenvalue weighted by Crippen LogP contribution is 2.41. The van der Waals surface area contributed by atoms with Gasteiger partial charge in [-0.25, -0.2) is 17.6 Å². The molecule has 1 aliphatic rings. The Morgan fingerprint density at radius 1 is 0.939 bits per heavy atom. The van der Waals surface area contributed by atoms with Crippen LogP contribution < -0.4 is 4.74 Å². The summed E-state index contributed by atoms with van der Waals surface area (Å²) in [6.07, 6.45) is 2.72. The molecule has 4 rings (SSSR count). The van der Waals surface area contributed by atoms with Crippen LogP contribution in [0.5, 0.6) is 11.5 Å². The molecule has 0 aliphatic carbocycles. The predicted molar refractivity (Wildman–Crippen MR) is 121 cm³/mol. The van der Waals surface area contributed by atoms with Gasteiger partial charge in [0.15, 0.2) is 21.3 Å². The molecule has 0 amide bonds. The van der Waals surface area contributed by atoms with Crippen LogP contribution in [0.15, 0.2) is 77.4 Å². The van der Waals surface area contributed by atoms with E-state index in [-0.39, 0.29) is 27.7 Å². The van der Waals surface area contributed by atoms with Crippen LogP contribution in [-0.4, -0.2) is 32.9 Å². The van der Waals surface area contributed by atoms with Crippen molar-refractivity contribution >= 4 is 33.0 Å². The van der Waals surface area contributed by atoms with Crippen molar-refractivity contribution in [1.29, 1.82) is 0 Å². The lowest BCUT2D eigenvalue weighted by Gasteiger charge is -2.09. The number of cyclic esters (lactones) is 1. The number of methoxy groups -OCH3 is 1. The fourth-order valence-corrected chi connectivity index (χ4v) is 4.13. The number of carbonyl (C=O) groups is 1. The summed E-state index contributed by atoms with van der Waals surface area (Å²) in [7, 11) is -1.99. The number of esters is 1. The molecule has 0 atom stereocenters. The number of hydrogen-bond acceptors (Lipinski definition) is 6. The summed E-state index contributed by atoms with van der Waals surface area (Å²) in [4.78, 5) is 13.0. The van der Waals surface area contributed by atoms with Crippen molar-refractivity contribution in [2.24, 2.45) is 0 Å². The lowest BCUT2D eigenvalue weighted by molar-refractivity contribution is -0.131. The molecule has 3 aromatic rings. The van der Waals surface area contributed by atoms with Crippen molar-refractivity contribution in [2.45, 2.75) is 4.90 Å². The number of allylic oxidation sites excluding steroid dienone is 1. The van der Waals surface area contributed by atoms with Crippen LogP contribution in [0.3, 0.4) is 0 Å². The van der Waals surface area contributed by atoms with Crippen LogP contribution in [-0.2, 0) is 19.4 Å². The number of phenolic OH excluding ortho intramolecular Hbond substituents is 1. The zero-order valence-corrected chi connectivity index (χ0v) is 18.5. The smallest absolute Gasteiger partial charge is 0.344 e. The normalized spacial score (nSPS) is 15.1. The van der Waals surface area contributed by atoms with Gasteiger partial charge in [-0.2, -0.15) is 0 Å². The molecule has 0 radical (unpaired) electrons. The fourth-order valence-electron chi connectivity index (χ4n) is 3.50. The summed E-state index contributed by atoms with van der Waals surface area (Å²) >= 11 is 0. The highest BCUT2D eigenvalue weighted by atomic mass is 32.2. The Hall–Kier alpha value is -3.91. The lowest BCUT2D eigenvalue weighted by Crippen LogP contribution is -1.98. The van der Waals surface area contributed by atoms with Gasteiger partial charge in [-0.3, -0.25) is 0 Å². The lowest BCUT2D eigenvalue weighted by atomic mass is 9.94. The number of carbonyl (C=O) groups excluding carboxylic acids is 1. The van der Waals surface area contributed by atoms with E-state index in [0.29, 0.717) is 22.3 Å². The summed E-state index contributed by atoms with van der Waals surface area (Å²) in [5.74, 6) is -0.644. The van der Waals surface area contributed by atoms with E-state index in [9.17, 15) is 22.7 Å². The second-order valence-electron chi connectivity index (χ2n) is 7.38. The van der Waals surface area contributed by atoms with E-state index < -0.39 is 21.6 Å². The van der Waals surface area contributed by atoms with E-state index in [1.165, 1.54) is 49.6 Å². The quantitative estimate of drug-likeness (QED) is 0.559. The van der Waals surface area contributed by atoms with Crippen LogP contribution in [0.25, 0.3) is 17.2 Å². The molecule has 0 saturated carbocycles. The van der Waals surface area contributed by atoms with Crippen LogP contribution >= 0.6 is 0 Å². The van der Waals surface area contributed by atoms with Gasteiger partial charge in [-0.15, -0.1) is 0 Å². The molecule has 0 bridgehead atoms. The van der Waals surface area contributed by atoms with Crippen LogP contribution in [0.4, 0.5) is 4.39 Å². The minimum atomic E-state index is -3.41. The maximum Gasteiger partial charge on any atom is 0.344 e. The van der Waals surface area contributed by atoms with Crippen LogP contribution in [0.1, 0.15) is 16.7 Å². The maximum atomic E-state index is 13.5. The number of halogens is 1. The molecule has 0 aromatic heterocycles. The number of sulfone groups is 1. The predicted octanol–water partition coefficient (Wildman–Crippen LogP) is 4.45. The molecule has 1 N–H and O–H groups in total. The Kier molecular flexibility index (Phi) is 5.78. The summed E-state index contributed by atoms with van der Waals surface area (Å²) in [6, 6.07) is 16.2. The Balaban J connectivity index is 1.91. The topological polar surface area (TPSA) is 89.9 Å². The maximum absolute atomic E-state index is 13.5. The van der Waals surface area contributed by atoms with Gasteiger partial charge in [0.2, 0.25) is 0 Å². The average Bonchev–Trinajstić information content (AvgIpc) is 3.10. The molecule has 0 fully saturated rings. The van der Waals surface area contributed by atoms with Gasteiger partial charge in [0.1, 0.15) is 11.6 Å². The molecule has 33 heavy (non-hydrogen) atoms. The number of hydrogen-bond donors (Lipinski definition) is 1. The van der Waals surface area contributed by atoms with Gasteiger partial charge in [0.25, 0.3) is 0 Å². The van der Waals surface area contributed by atoms with Gasteiger partial charge in [-0.1, -0.05) is 30.3 Å². The van der Waals surface area contributed by atoms with Gasteiger partial charge in [-0.05, 0) is 59.2 Å². The monoisotopic (exact) mass is 466 g/mol. The number of phenols is 1. The molecule has 3 aromatic carbocycles. The van der Waals surface area contributed by atoms with E-state index >= 15 is 0 Å². The molecule has 1 aliphatic heterocycles. The molecular formula is C25H19FO6S. The van der Waals surface area contributed by atoms with E-state index in [4.69, 9.17) is 9.47 Å². The number of rotatable bonds is 5. The minimum absolute atomic E-state index is 0.0396. The second kappa shape index (κ2) is 8.55. The van der Waals surface area contributed by atoms with Crippen molar-refractivity contribution in [3.63, 3.8) is 0 Å². The van der Waals surface area contributed by atoms with Gasteiger partial charge < -0.3 is 14.6 Å². The first-order valence-electron chi connectivity index (χ1n) is 9.79. The zero-order valence-electron chi connectivity index (χ0n) is 17.7. The van der Waals surface area contributed by atoms with Gasteiger partial charge >= 0.3 is 5.97 Å². The van der Waals surface area contributed by atoms with Gasteiger partial charge in [0.05, 0.1) is 17.6 Å². The Labute approximate surface area is 190 Å². The van der Waals surface area contributed by atoms with Crippen LogP contribution in [0, 0.1) is 5.82 Å². The number of ether oxygens (including phenoxy) is 2. The first-order chi connectivity index (χ1) is 15.7. The highest BCUT2D eigenvalue weighted by molar-refractivity contribution is 7.90. The van der Waals surface area contributed by atoms with Crippen LogP contribution in [0.2, 0.25) is 0 Å². The molecule has 1 heterocycles. The third-order valence-corrected chi connectivity index (χ3v) is 6.24. The Bertz CT molecular complexity index is 1400. The van der Waals surface area contributed by atoms with Crippen molar-refractivity contribution in [3.8, 4) is 11.5 Å². The van der Waals surface area contributed by atoms with E-state index in [2.05, 4.69) is 0 Å². The number of aromatic hydroxyl groups is 1. The summed E-state index contributed by atoms with van der Waals surface area (Å²) in [5, 5.41) is 9.85. The third-order valence-electron chi connectivity index (χ3n) is 5.11. The SMILES string of the molecule is COc1cc(/C=C2\OC(=O)C(c3ccc(F)cc3)=C2c2ccc(S(C)(=O)=O)cc2)ccc1O. The third kappa shape index (κ3) is 4.51. The largest absolute Gasteiger partial charge is 0.504 e. The molecule has 0 saturated heterocycles. The molecule has 6 nitrogen and oxygen atoms in total. The molecule has 168 valence electrons. The first kappa shape index (κ1) is 22.3. The second-order valence-corrected chi connectivity index (χ2v) is 9.40.